The van der Waals surface area contributed by atoms with Crippen LogP contribution in [0.4, 0.5) is 0 Å². The highest BCUT2D eigenvalue weighted by atomic mass is 32.1. The lowest BCUT2D eigenvalue weighted by Gasteiger charge is -2.25. The Morgan fingerprint density at radius 1 is 1.64 bits per heavy atom. The first kappa shape index (κ1) is 8.26. The molecular weight excluding hydrogens is 160 g/mol. The number of thiocarbonyl (C=S) groups is 1. The molecule has 0 saturated carbocycles. The second kappa shape index (κ2) is 3.04. The standard InChI is InChI=1S/C6H12N4S/c1-3(2)4-8-5(7)10-6(11)9-4/h3-4H,1-2H3,(H4,7,8,9,10,11). The van der Waals surface area contributed by atoms with Crippen LogP contribution in [0.3, 0.4) is 0 Å². The van der Waals surface area contributed by atoms with Crippen LogP contribution in [0.1, 0.15) is 13.8 Å². The second-order valence-corrected chi connectivity index (χ2v) is 3.21. The summed E-state index contributed by atoms with van der Waals surface area (Å²) in [6.45, 7) is 4.12. The van der Waals surface area contributed by atoms with Gasteiger partial charge in [0.05, 0.1) is 0 Å². The third-order valence-corrected chi connectivity index (χ3v) is 1.65. The van der Waals surface area contributed by atoms with Crippen molar-refractivity contribution < 1.29 is 0 Å². The van der Waals surface area contributed by atoms with E-state index in [2.05, 4.69) is 29.5 Å². The highest BCUT2D eigenvalue weighted by molar-refractivity contribution is 7.80. The normalized spacial score (nSPS) is 24.1. The van der Waals surface area contributed by atoms with Gasteiger partial charge in [-0.15, -0.1) is 0 Å². The van der Waals surface area contributed by atoms with Gasteiger partial charge < -0.3 is 16.4 Å². The maximum Gasteiger partial charge on any atom is 0.197 e. The molecule has 1 atom stereocenters. The molecular formula is C6H12N4S. The van der Waals surface area contributed by atoms with Gasteiger partial charge in [-0.3, -0.25) is 0 Å². The van der Waals surface area contributed by atoms with Crippen molar-refractivity contribution in [1.82, 2.24) is 10.6 Å². The Balaban J connectivity index is 2.69. The Bertz CT molecular complexity index is 199. The zero-order valence-corrected chi connectivity index (χ0v) is 7.40. The first-order valence-corrected chi connectivity index (χ1v) is 3.91. The molecule has 0 aromatic heterocycles. The van der Waals surface area contributed by atoms with Crippen molar-refractivity contribution in [3.63, 3.8) is 0 Å². The van der Waals surface area contributed by atoms with Gasteiger partial charge in [0.2, 0.25) is 0 Å². The molecule has 0 amide bonds. The lowest BCUT2D eigenvalue weighted by Crippen LogP contribution is -2.53. The topological polar surface area (TPSA) is 62.4 Å². The van der Waals surface area contributed by atoms with Gasteiger partial charge in [0.1, 0.15) is 6.17 Å². The van der Waals surface area contributed by atoms with Crippen LogP contribution in [-0.2, 0) is 0 Å². The van der Waals surface area contributed by atoms with Gasteiger partial charge in [0.25, 0.3) is 0 Å². The highest BCUT2D eigenvalue weighted by Gasteiger charge is 2.17. The van der Waals surface area contributed by atoms with Crippen molar-refractivity contribution in [3.05, 3.63) is 0 Å². The number of nitrogens with two attached hydrogens (primary N) is 1. The highest BCUT2D eigenvalue weighted by Crippen LogP contribution is 2.04. The van der Waals surface area contributed by atoms with Crippen molar-refractivity contribution in [2.75, 3.05) is 0 Å². The Labute approximate surface area is 71.3 Å². The maximum atomic E-state index is 5.46. The molecule has 1 unspecified atom stereocenters. The maximum absolute atomic E-state index is 5.46. The van der Waals surface area contributed by atoms with E-state index in [4.69, 9.17) is 18.0 Å². The molecule has 1 rings (SSSR count). The molecule has 0 aliphatic carbocycles. The number of guanidine groups is 1. The van der Waals surface area contributed by atoms with E-state index in [1.54, 1.807) is 0 Å². The Hall–Kier alpha value is -0.840. The number of hydrogen-bond acceptors (Lipinski definition) is 3. The molecule has 0 bridgehead atoms. The molecule has 0 radical (unpaired) electrons. The summed E-state index contributed by atoms with van der Waals surface area (Å²) >= 11 is 4.90. The molecule has 1 aliphatic heterocycles. The van der Waals surface area contributed by atoms with E-state index < -0.39 is 0 Å². The quantitative estimate of drug-likeness (QED) is 0.478. The smallest absolute Gasteiger partial charge is 0.197 e. The van der Waals surface area contributed by atoms with Gasteiger partial charge in [0, 0.05) is 0 Å². The SMILES string of the molecule is CC(C)C1N=C(N)NC(=S)N1. The molecule has 11 heavy (non-hydrogen) atoms. The first-order valence-electron chi connectivity index (χ1n) is 3.50. The largest absolute Gasteiger partial charge is 0.370 e. The van der Waals surface area contributed by atoms with Crippen LogP contribution in [0.2, 0.25) is 0 Å². The van der Waals surface area contributed by atoms with Gasteiger partial charge in [-0.2, -0.15) is 0 Å². The minimum Gasteiger partial charge on any atom is -0.370 e. The first-order chi connectivity index (χ1) is 5.09. The van der Waals surface area contributed by atoms with E-state index in [1.165, 1.54) is 0 Å². The van der Waals surface area contributed by atoms with Crippen molar-refractivity contribution in [2.45, 2.75) is 20.0 Å². The summed E-state index contributed by atoms with van der Waals surface area (Å²) in [6, 6.07) is 0. The molecule has 0 fully saturated rings. The van der Waals surface area contributed by atoms with E-state index in [0.717, 1.165) is 0 Å². The lowest BCUT2D eigenvalue weighted by atomic mass is 10.1. The zero-order valence-electron chi connectivity index (χ0n) is 6.59. The van der Waals surface area contributed by atoms with E-state index in [0.29, 0.717) is 17.0 Å². The second-order valence-electron chi connectivity index (χ2n) is 2.80. The number of nitrogens with one attached hydrogen (secondary N) is 2. The monoisotopic (exact) mass is 172 g/mol. The van der Waals surface area contributed by atoms with Crippen molar-refractivity contribution in [3.8, 4) is 0 Å². The number of hydrogen-bond donors (Lipinski definition) is 3. The summed E-state index contributed by atoms with van der Waals surface area (Å²) in [5, 5.41) is 6.26. The third kappa shape index (κ3) is 2.04. The minimum absolute atomic E-state index is 0.0174. The van der Waals surface area contributed by atoms with Crippen LogP contribution in [0.25, 0.3) is 0 Å². The molecule has 0 aromatic rings. The molecule has 62 valence electrons. The Kier molecular flexibility index (Phi) is 2.28. The average Bonchev–Trinajstić information content (AvgIpc) is 1.85. The van der Waals surface area contributed by atoms with E-state index >= 15 is 0 Å². The van der Waals surface area contributed by atoms with Gasteiger partial charge in [-0.05, 0) is 18.1 Å². The molecule has 0 saturated heterocycles. The van der Waals surface area contributed by atoms with Crippen molar-refractivity contribution >= 4 is 23.3 Å². The fourth-order valence-corrected chi connectivity index (χ4v) is 1.04. The number of nitrogens with zero attached hydrogens (tertiary/aromatic N) is 1. The minimum atomic E-state index is 0.0174. The van der Waals surface area contributed by atoms with Gasteiger partial charge in [-0.1, -0.05) is 13.8 Å². The van der Waals surface area contributed by atoms with Crippen LogP contribution in [-0.4, -0.2) is 17.2 Å². The summed E-state index contributed by atoms with van der Waals surface area (Å²) in [5.41, 5.74) is 5.46. The molecule has 1 heterocycles. The van der Waals surface area contributed by atoms with E-state index in [1.807, 2.05) is 0 Å². The Morgan fingerprint density at radius 3 is 2.73 bits per heavy atom. The molecule has 0 aromatic carbocycles. The predicted octanol–water partition coefficient (Wildman–Crippen LogP) is -0.239. The Morgan fingerprint density at radius 2 is 2.27 bits per heavy atom. The van der Waals surface area contributed by atoms with E-state index in [9.17, 15) is 0 Å². The van der Waals surface area contributed by atoms with Crippen LogP contribution < -0.4 is 16.4 Å². The fourth-order valence-electron chi connectivity index (χ4n) is 0.817. The molecule has 1 aliphatic rings. The summed E-state index contributed by atoms with van der Waals surface area (Å²) in [4.78, 5) is 4.12. The van der Waals surface area contributed by atoms with Crippen LogP contribution >= 0.6 is 12.2 Å². The van der Waals surface area contributed by atoms with Crippen LogP contribution in [0.5, 0.6) is 0 Å². The van der Waals surface area contributed by atoms with Crippen molar-refractivity contribution in [1.29, 1.82) is 0 Å². The summed E-state index contributed by atoms with van der Waals surface area (Å²) < 4.78 is 0. The van der Waals surface area contributed by atoms with Gasteiger partial charge in [-0.25, -0.2) is 4.99 Å². The lowest BCUT2D eigenvalue weighted by molar-refractivity contribution is 0.461. The van der Waals surface area contributed by atoms with Crippen LogP contribution in [0, 0.1) is 5.92 Å². The molecule has 5 heteroatoms. The number of rotatable bonds is 1. The molecule has 0 spiro atoms. The van der Waals surface area contributed by atoms with Gasteiger partial charge in [0.15, 0.2) is 11.1 Å². The van der Waals surface area contributed by atoms with Crippen molar-refractivity contribution in [2.24, 2.45) is 16.6 Å². The number of aliphatic imine (C=N–C) groups is 1. The summed E-state index contributed by atoms with van der Waals surface area (Å²) in [7, 11) is 0. The van der Waals surface area contributed by atoms with Crippen LogP contribution in [0.15, 0.2) is 4.99 Å². The fraction of sp³-hybridized carbons (Fsp3) is 0.667. The predicted molar refractivity (Wildman–Crippen MR) is 49.1 cm³/mol. The summed E-state index contributed by atoms with van der Waals surface area (Å²) in [6.07, 6.45) is 0.0174. The summed E-state index contributed by atoms with van der Waals surface area (Å²) in [5.74, 6) is 0.793. The van der Waals surface area contributed by atoms with Gasteiger partial charge >= 0.3 is 0 Å². The molecule has 4 nitrogen and oxygen atoms in total. The zero-order chi connectivity index (χ0) is 8.43. The molecule has 4 N–H and O–H groups in total. The average molecular weight is 172 g/mol. The third-order valence-electron chi connectivity index (χ3n) is 1.43. The van der Waals surface area contributed by atoms with E-state index in [-0.39, 0.29) is 6.17 Å².